The minimum Gasteiger partial charge on any atom is -0.396 e. The van der Waals surface area contributed by atoms with E-state index in [-0.39, 0.29) is 12.6 Å². The van der Waals surface area contributed by atoms with E-state index in [2.05, 4.69) is 47.1 Å². The molecule has 2 N–H and O–H groups in total. The monoisotopic (exact) mass is 334 g/mol. The molecule has 0 amide bonds. The quantitative estimate of drug-likeness (QED) is 0.815. The zero-order valence-corrected chi connectivity index (χ0v) is 14.7. The van der Waals surface area contributed by atoms with Crippen LogP contribution in [0.25, 0.3) is 0 Å². The largest absolute Gasteiger partial charge is 0.396 e. The van der Waals surface area contributed by atoms with Crippen molar-refractivity contribution < 1.29 is 5.11 Å². The molecule has 5 nitrogen and oxygen atoms in total. The van der Waals surface area contributed by atoms with Crippen LogP contribution >= 0.6 is 11.3 Å². The topological polar surface area (TPSA) is 63.0 Å². The lowest BCUT2D eigenvalue weighted by Crippen LogP contribution is -2.21. The SMILES string of the molecule is CC1(C)CCC(n2cc(CNC(CCO)c3cccs3)nn2)C1. The number of nitrogens with zero attached hydrogens (tertiary/aromatic N) is 3. The summed E-state index contributed by atoms with van der Waals surface area (Å²) in [5.74, 6) is 0. The predicted molar refractivity (Wildman–Crippen MR) is 92.3 cm³/mol. The second-order valence-corrected chi connectivity index (χ2v) is 8.19. The van der Waals surface area contributed by atoms with Gasteiger partial charge in [-0.25, -0.2) is 4.68 Å². The Balaban J connectivity index is 1.58. The van der Waals surface area contributed by atoms with E-state index in [1.165, 1.54) is 24.1 Å². The normalized spacial score (nSPS) is 21.6. The van der Waals surface area contributed by atoms with Crippen LogP contribution in [0.15, 0.2) is 23.7 Å². The van der Waals surface area contributed by atoms with Gasteiger partial charge in [0.1, 0.15) is 0 Å². The van der Waals surface area contributed by atoms with Crippen molar-refractivity contribution in [3.05, 3.63) is 34.3 Å². The molecule has 0 radical (unpaired) electrons. The fourth-order valence-corrected chi connectivity index (χ4v) is 4.23. The van der Waals surface area contributed by atoms with Crippen LogP contribution in [0.2, 0.25) is 0 Å². The summed E-state index contributed by atoms with van der Waals surface area (Å²) in [5, 5.41) is 23.5. The molecule has 126 valence electrons. The van der Waals surface area contributed by atoms with Crippen LogP contribution < -0.4 is 5.32 Å². The Kier molecular flexibility index (Phi) is 5.14. The molecular formula is C17H26N4OS. The highest BCUT2D eigenvalue weighted by Gasteiger charge is 2.32. The molecule has 2 heterocycles. The van der Waals surface area contributed by atoms with Gasteiger partial charge in [0.05, 0.1) is 17.9 Å². The van der Waals surface area contributed by atoms with Gasteiger partial charge in [-0.15, -0.1) is 16.4 Å². The second-order valence-electron chi connectivity index (χ2n) is 7.21. The Morgan fingerprint density at radius 1 is 1.52 bits per heavy atom. The summed E-state index contributed by atoms with van der Waals surface area (Å²) < 4.78 is 2.04. The van der Waals surface area contributed by atoms with Crippen LogP contribution in [0.5, 0.6) is 0 Å². The first-order valence-corrected chi connectivity index (χ1v) is 9.24. The molecule has 0 spiro atoms. The van der Waals surface area contributed by atoms with E-state index in [4.69, 9.17) is 0 Å². The fourth-order valence-electron chi connectivity index (χ4n) is 3.39. The highest BCUT2D eigenvalue weighted by atomic mass is 32.1. The average molecular weight is 334 g/mol. The summed E-state index contributed by atoms with van der Waals surface area (Å²) in [6, 6.07) is 4.81. The van der Waals surface area contributed by atoms with Gasteiger partial charge in [-0.05, 0) is 42.5 Å². The summed E-state index contributed by atoms with van der Waals surface area (Å²) in [7, 11) is 0. The molecule has 1 aliphatic carbocycles. The van der Waals surface area contributed by atoms with Gasteiger partial charge in [-0.1, -0.05) is 25.1 Å². The van der Waals surface area contributed by atoms with Gasteiger partial charge in [0.2, 0.25) is 0 Å². The number of rotatable bonds is 7. The third-order valence-corrected chi connectivity index (χ3v) is 5.69. The molecule has 1 fully saturated rings. The van der Waals surface area contributed by atoms with Gasteiger partial charge in [-0.2, -0.15) is 0 Å². The predicted octanol–water partition coefficient (Wildman–Crippen LogP) is 3.30. The molecule has 1 saturated carbocycles. The van der Waals surface area contributed by atoms with E-state index in [0.29, 0.717) is 24.4 Å². The Morgan fingerprint density at radius 2 is 2.39 bits per heavy atom. The number of aliphatic hydroxyl groups excluding tert-OH is 1. The van der Waals surface area contributed by atoms with Crippen LogP contribution in [0.3, 0.4) is 0 Å². The lowest BCUT2D eigenvalue weighted by molar-refractivity contribution is 0.266. The van der Waals surface area contributed by atoms with Crippen molar-refractivity contribution in [1.82, 2.24) is 20.3 Å². The number of aromatic nitrogens is 3. The molecule has 0 aliphatic heterocycles. The fraction of sp³-hybridized carbons (Fsp3) is 0.647. The van der Waals surface area contributed by atoms with E-state index in [9.17, 15) is 5.11 Å². The molecule has 6 heteroatoms. The number of nitrogens with one attached hydrogen (secondary N) is 1. The molecule has 1 aliphatic rings. The maximum absolute atomic E-state index is 9.26. The minimum absolute atomic E-state index is 0.176. The van der Waals surface area contributed by atoms with Crippen LogP contribution in [0.4, 0.5) is 0 Å². The number of thiophene rings is 1. The zero-order valence-electron chi connectivity index (χ0n) is 13.9. The van der Waals surface area contributed by atoms with E-state index in [1.807, 2.05) is 10.7 Å². The van der Waals surface area contributed by atoms with E-state index < -0.39 is 0 Å². The molecule has 0 bridgehead atoms. The summed E-state index contributed by atoms with van der Waals surface area (Å²) in [6.45, 7) is 5.51. The van der Waals surface area contributed by atoms with Crippen molar-refractivity contribution in [3.8, 4) is 0 Å². The lowest BCUT2D eigenvalue weighted by atomic mass is 9.92. The highest BCUT2D eigenvalue weighted by molar-refractivity contribution is 7.10. The Bertz CT molecular complexity index is 608. The molecule has 3 rings (SSSR count). The van der Waals surface area contributed by atoms with Gasteiger partial charge in [0, 0.05) is 24.1 Å². The van der Waals surface area contributed by atoms with Crippen LogP contribution in [-0.2, 0) is 6.54 Å². The summed E-state index contributed by atoms with van der Waals surface area (Å²) in [6.07, 6.45) is 6.40. The third kappa shape index (κ3) is 4.19. The van der Waals surface area contributed by atoms with Crippen LogP contribution in [0.1, 0.15) is 62.2 Å². The molecule has 2 unspecified atom stereocenters. The number of hydrogen-bond acceptors (Lipinski definition) is 5. The van der Waals surface area contributed by atoms with Crippen molar-refractivity contribution in [2.24, 2.45) is 5.41 Å². The first-order chi connectivity index (χ1) is 11.1. The molecule has 0 saturated heterocycles. The van der Waals surface area contributed by atoms with Crippen molar-refractivity contribution in [2.75, 3.05) is 6.61 Å². The molecule has 2 atom stereocenters. The lowest BCUT2D eigenvalue weighted by Gasteiger charge is -2.16. The molecular weight excluding hydrogens is 308 g/mol. The third-order valence-electron chi connectivity index (χ3n) is 4.71. The smallest absolute Gasteiger partial charge is 0.0965 e. The summed E-state index contributed by atoms with van der Waals surface area (Å²) >= 11 is 1.72. The Labute approximate surface area is 141 Å². The van der Waals surface area contributed by atoms with Crippen LogP contribution in [0, 0.1) is 5.41 Å². The van der Waals surface area contributed by atoms with Crippen molar-refractivity contribution >= 4 is 11.3 Å². The zero-order chi connectivity index (χ0) is 16.3. The van der Waals surface area contributed by atoms with Gasteiger partial charge < -0.3 is 10.4 Å². The van der Waals surface area contributed by atoms with Gasteiger partial charge >= 0.3 is 0 Å². The van der Waals surface area contributed by atoms with Gasteiger partial charge in [0.15, 0.2) is 0 Å². The van der Waals surface area contributed by atoms with E-state index >= 15 is 0 Å². The van der Waals surface area contributed by atoms with E-state index in [0.717, 1.165) is 5.69 Å². The first kappa shape index (κ1) is 16.6. The average Bonchev–Trinajstić information content (AvgIpc) is 3.23. The van der Waals surface area contributed by atoms with Gasteiger partial charge in [0.25, 0.3) is 0 Å². The molecule has 0 aromatic carbocycles. The molecule has 2 aromatic rings. The summed E-state index contributed by atoms with van der Waals surface area (Å²) in [4.78, 5) is 1.25. The second kappa shape index (κ2) is 7.11. The Morgan fingerprint density at radius 3 is 3.04 bits per heavy atom. The molecule has 23 heavy (non-hydrogen) atoms. The van der Waals surface area contributed by atoms with E-state index in [1.54, 1.807) is 11.3 Å². The first-order valence-electron chi connectivity index (χ1n) is 8.36. The highest BCUT2D eigenvalue weighted by Crippen LogP contribution is 2.43. The van der Waals surface area contributed by atoms with Crippen molar-refractivity contribution in [1.29, 1.82) is 0 Å². The van der Waals surface area contributed by atoms with Crippen molar-refractivity contribution in [3.63, 3.8) is 0 Å². The summed E-state index contributed by atoms with van der Waals surface area (Å²) in [5.41, 5.74) is 1.38. The molecule has 2 aromatic heterocycles. The number of hydrogen-bond donors (Lipinski definition) is 2. The maximum Gasteiger partial charge on any atom is 0.0965 e. The Hall–Kier alpha value is -1.24. The number of aliphatic hydroxyl groups is 1. The van der Waals surface area contributed by atoms with Gasteiger partial charge in [-0.3, -0.25) is 0 Å². The standard InChI is InChI=1S/C17H26N4OS/c1-17(2)7-5-14(10-17)21-12-13(19-20-21)11-18-15(6-8-22)16-4-3-9-23-16/h3-4,9,12,14-15,18,22H,5-8,10-11H2,1-2H3. The minimum atomic E-state index is 0.176. The maximum atomic E-state index is 9.26. The van der Waals surface area contributed by atoms with Crippen molar-refractivity contribution in [2.45, 2.75) is 58.2 Å². The van der Waals surface area contributed by atoms with Crippen LogP contribution in [-0.4, -0.2) is 26.7 Å².